The second-order valence-electron chi connectivity index (χ2n) is 9.02. The Morgan fingerprint density at radius 3 is 2.16 bits per heavy atom. The van der Waals surface area contributed by atoms with E-state index in [0.717, 1.165) is 32.5 Å². The van der Waals surface area contributed by atoms with Crippen LogP contribution in [0.4, 0.5) is 10.5 Å². The summed E-state index contributed by atoms with van der Waals surface area (Å²) in [6.07, 6.45) is 1.19. The minimum atomic E-state index is -0.612. The highest BCUT2D eigenvalue weighted by molar-refractivity contribution is 5.93. The number of hydrogen-bond acceptors (Lipinski definition) is 4. The molecule has 0 radical (unpaired) electrons. The molecule has 6 heteroatoms. The lowest BCUT2D eigenvalue weighted by atomic mass is 10.0. The van der Waals surface area contributed by atoms with Gasteiger partial charge in [-0.25, -0.2) is 4.79 Å². The highest BCUT2D eigenvalue weighted by Crippen LogP contribution is 2.21. The summed E-state index contributed by atoms with van der Waals surface area (Å²) in [6, 6.07) is 19.7. The summed E-state index contributed by atoms with van der Waals surface area (Å²) in [5.74, 6) is -0.219. The smallest absolute Gasteiger partial charge is 0.411 e. The van der Waals surface area contributed by atoms with Gasteiger partial charge in [-0.3, -0.25) is 14.6 Å². The van der Waals surface area contributed by atoms with Gasteiger partial charge in [-0.2, -0.15) is 0 Å². The van der Waals surface area contributed by atoms with Crippen molar-refractivity contribution >= 4 is 17.7 Å². The number of ether oxygens (including phenoxy) is 1. The molecule has 31 heavy (non-hydrogen) atoms. The molecule has 166 valence electrons. The van der Waals surface area contributed by atoms with Crippen molar-refractivity contribution in [2.75, 3.05) is 25.0 Å². The van der Waals surface area contributed by atoms with E-state index in [1.54, 1.807) is 4.90 Å². The number of nitrogens with one attached hydrogen (secondary N) is 1. The van der Waals surface area contributed by atoms with Gasteiger partial charge in [0.1, 0.15) is 12.1 Å². The van der Waals surface area contributed by atoms with Crippen LogP contribution in [0.25, 0.3) is 0 Å². The van der Waals surface area contributed by atoms with E-state index in [9.17, 15) is 9.59 Å². The molecule has 2 aromatic carbocycles. The van der Waals surface area contributed by atoms with Gasteiger partial charge < -0.3 is 10.1 Å². The lowest BCUT2D eigenvalue weighted by Crippen LogP contribution is -2.51. The van der Waals surface area contributed by atoms with Gasteiger partial charge >= 0.3 is 6.09 Å². The normalized spacial score (nSPS) is 15.3. The quantitative estimate of drug-likeness (QED) is 0.742. The molecule has 0 atom stereocenters. The first-order valence-electron chi connectivity index (χ1n) is 10.9. The Morgan fingerprint density at radius 1 is 1.00 bits per heavy atom. The molecule has 2 aromatic rings. The summed E-state index contributed by atoms with van der Waals surface area (Å²) < 4.78 is 5.62. The van der Waals surface area contributed by atoms with Gasteiger partial charge in [0.05, 0.1) is 0 Å². The van der Waals surface area contributed by atoms with Crippen LogP contribution in [0.1, 0.15) is 39.2 Å². The Bertz CT molecular complexity index is 841. The van der Waals surface area contributed by atoms with Crippen molar-refractivity contribution in [2.24, 2.45) is 0 Å². The van der Waals surface area contributed by atoms with Crippen LogP contribution in [0.2, 0.25) is 0 Å². The largest absolute Gasteiger partial charge is 0.444 e. The molecule has 0 bridgehead atoms. The highest BCUT2D eigenvalue weighted by Gasteiger charge is 2.32. The summed E-state index contributed by atoms with van der Waals surface area (Å²) in [4.78, 5) is 29.6. The standard InChI is InChI=1S/C25H33N3O3/c1-25(2,3)31-24(30)28(19-23(29)26-21-12-8-5-9-13-21)22-14-16-27(17-15-22)18-20-10-6-4-7-11-20/h4-13,22H,14-19H2,1-3H3,(H,26,29). The van der Waals surface area contributed by atoms with Crippen LogP contribution in [-0.2, 0) is 16.1 Å². The van der Waals surface area contributed by atoms with Crippen LogP contribution in [-0.4, -0.2) is 53.1 Å². The molecule has 1 aliphatic heterocycles. The van der Waals surface area contributed by atoms with Gasteiger partial charge in [-0.1, -0.05) is 48.5 Å². The van der Waals surface area contributed by atoms with E-state index < -0.39 is 11.7 Å². The molecule has 1 N–H and O–H groups in total. The van der Waals surface area contributed by atoms with Crippen molar-refractivity contribution in [3.63, 3.8) is 0 Å². The lowest BCUT2D eigenvalue weighted by Gasteiger charge is -2.38. The van der Waals surface area contributed by atoms with Gasteiger partial charge in [-0.05, 0) is 51.3 Å². The third-order valence-corrected chi connectivity index (χ3v) is 5.25. The summed E-state index contributed by atoms with van der Waals surface area (Å²) in [5.41, 5.74) is 1.39. The molecule has 0 spiro atoms. The number of amides is 2. The van der Waals surface area contributed by atoms with Gasteiger partial charge in [0, 0.05) is 31.4 Å². The average Bonchev–Trinajstić information content (AvgIpc) is 2.73. The maximum absolute atomic E-state index is 12.9. The number of piperidine rings is 1. The zero-order valence-electron chi connectivity index (χ0n) is 18.7. The second-order valence-corrected chi connectivity index (χ2v) is 9.02. The second kappa shape index (κ2) is 10.4. The number of benzene rings is 2. The predicted molar refractivity (Wildman–Crippen MR) is 123 cm³/mol. The molecule has 6 nitrogen and oxygen atoms in total. The number of rotatable bonds is 6. The molecule has 1 fully saturated rings. The van der Waals surface area contributed by atoms with Gasteiger partial charge in [0.25, 0.3) is 0 Å². The Kier molecular flexibility index (Phi) is 7.69. The van der Waals surface area contributed by atoms with Gasteiger partial charge in [0.15, 0.2) is 0 Å². The van der Waals surface area contributed by atoms with Crippen molar-refractivity contribution < 1.29 is 14.3 Å². The predicted octanol–water partition coefficient (Wildman–Crippen LogP) is 4.53. The molecular formula is C25H33N3O3. The SMILES string of the molecule is CC(C)(C)OC(=O)N(CC(=O)Nc1ccccc1)C1CCN(Cc2ccccc2)CC1. The molecule has 0 aromatic heterocycles. The monoisotopic (exact) mass is 423 g/mol. The highest BCUT2D eigenvalue weighted by atomic mass is 16.6. The third kappa shape index (κ3) is 7.40. The van der Waals surface area contributed by atoms with Crippen LogP contribution in [0, 0.1) is 0 Å². The maximum Gasteiger partial charge on any atom is 0.411 e. The molecular weight excluding hydrogens is 390 g/mol. The van der Waals surface area contributed by atoms with Gasteiger partial charge in [-0.15, -0.1) is 0 Å². The third-order valence-electron chi connectivity index (χ3n) is 5.25. The summed E-state index contributed by atoms with van der Waals surface area (Å²) >= 11 is 0. The van der Waals surface area contributed by atoms with Crippen molar-refractivity contribution in [3.05, 3.63) is 66.2 Å². The fraction of sp³-hybridized carbons (Fsp3) is 0.440. The number of para-hydroxylation sites is 1. The minimum absolute atomic E-state index is 0.0207. The molecule has 0 unspecified atom stereocenters. The number of anilines is 1. The molecule has 1 aliphatic rings. The molecule has 0 saturated carbocycles. The van der Waals surface area contributed by atoms with E-state index in [1.807, 2.05) is 57.2 Å². The van der Waals surface area contributed by atoms with Crippen LogP contribution in [0.5, 0.6) is 0 Å². The van der Waals surface area contributed by atoms with Crippen molar-refractivity contribution in [3.8, 4) is 0 Å². The van der Waals surface area contributed by atoms with Crippen LogP contribution in [0.15, 0.2) is 60.7 Å². The lowest BCUT2D eigenvalue weighted by molar-refractivity contribution is -0.118. The zero-order valence-corrected chi connectivity index (χ0v) is 18.7. The van der Waals surface area contributed by atoms with Crippen molar-refractivity contribution in [2.45, 2.75) is 51.8 Å². The fourth-order valence-electron chi connectivity index (χ4n) is 3.77. The van der Waals surface area contributed by atoms with Gasteiger partial charge in [0.2, 0.25) is 5.91 Å². The van der Waals surface area contributed by atoms with Crippen LogP contribution < -0.4 is 5.32 Å². The Labute approximate surface area is 185 Å². The zero-order chi connectivity index (χ0) is 22.3. The number of hydrogen-bond donors (Lipinski definition) is 1. The van der Waals surface area contributed by atoms with Crippen molar-refractivity contribution in [1.82, 2.24) is 9.80 Å². The Morgan fingerprint density at radius 2 is 1.58 bits per heavy atom. The van der Waals surface area contributed by atoms with Crippen LogP contribution in [0.3, 0.4) is 0 Å². The molecule has 1 saturated heterocycles. The summed E-state index contributed by atoms with van der Waals surface area (Å²) in [5, 5.41) is 2.87. The minimum Gasteiger partial charge on any atom is -0.444 e. The topological polar surface area (TPSA) is 61.9 Å². The first kappa shape index (κ1) is 22.8. The molecule has 2 amide bonds. The first-order valence-corrected chi connectivity index (χ1v) is 10.9. The first-order chi connectivity index (χ1) is 14.8. The molecule has 1 heterocycles. The average molecular weight is 424 g/mol. The Hall–Kier alpha value is -2.86. The van der Waals surface area contributed by atoms with E-state index >= 15 is 0 Å². The Balaban J connectivity index is 1.62. The number of carbonyl (C=O) groups is 2. The summed E-state index contributed by atoms with van der Waals surface area (Å²) in [6.45, 7) is 8.15. The van der Waals surface area contributed by atoms with E-state index in [4.69, 9.17) is 4.74 Å². The van der Waals surface area contributed by atoms with E-state index in [0.29, 0.717) is 5.69 Å². The summed E-state index contributed by atoms with van der Waals surface area (Å²) in [7, 11) is 0. The van der Waals surface area contributed by atoms with E-state index in [1.165, 1.54) is 5.56 Å². The fourth-order valence-corrected chi connectivity index (χ4v) is 3.77. The van der Waals surface area contributed by atoms with Crippen molar-refractivity contribution in [1.29, 1.82) is 0 Å². The number of nitrogens with zero attached hydrogens (tertiary/aromatic N) is 2. The van der Waals surface area contributed by atoms with E-state index in [2.05, 4.69) is 34.5 Å². The number of likely N-dealkylation sites (tertiary alicyclic amines) is 1. The number of carbonyl (C=O) groups excluding carboxylic acids is 2. The van der Waals surface area contributed by atoms with Crippen LogP contribution >= 0.6 is 0 Å². The molecule has 3 rings (SSSR count). The maximum atomic E-state index is 12.9. The molecule has 0 aliphatic carbocycles. The van der Waals surface area contributed by atoms with E-state index in [-0.39, 0.29) is 18.5 Å².